The van der Waals surface area contributed by atoms with Crippen molar-refractivity contribution >= 4 is 21.8 Å². The van der Waals surface area contributed by atoms with Crippen molar-refractivity contribution in [2.24, 2.45) is 5.92 Å². The summed E-state index contributed by atoms with van der Waals surface area (Å²) in [5.41, 5.74) is 0. The van der Waals surface area contributed by atoms with Crippen LogP contribution >= 0.6 is 15.9 Å². The van der Waals surface area contributed by atoms with Crippen molar-refractivity contribution in [3.8, 4) is 0 Å². The van der Waals surface area contributed by atoms with Crippen molar-refractivity contribution in [3.05, 3.63) is 12.7 Å². The quantitative estimate of drug-likeness (QED) is 0.561. The highest BCUT2D eigenvalue weighted by Crippen LogP contribution is 2.26. The first-order chi connectivity index (χ1) is 7.57. The molecule has 3 heteroatoms. The number of amides is 1. The number of alkyl halides is 1. The second-order valence-corrected chi connectivity index (χ2v) is 5.85. The van der Waals surface area contributed by atoms with Gasteiger partial charge < -0.3 is 4.90 Å². The summed E-state index contributed by atoms with van der Waals surface area (Å²) in [4.78, 5) is 14.2. The summed E-state index contributed by atoms with van der Waals surface area (Å²) in [5, 5.41) is 0. The lowest BCUT2D eigenvalue weighted by atomic mass is 10.1. The van der Waals surface area contributed by atoms with Gasteiger partial charge >= 0.3 is 0 Å². The molecule has 1 unspecified atom stereocenters. The number of hydrogen-bond donors (Lipinski definition) is 0. The molecule has 1 saturated carbocycles. The Morgan fingerprint density at radius 1 is 1.50 bits per heavy atom. The van der Waals surface area contributed by atoms with E-state index >= 15 is 0 Å². The molecule has 0 aromatic heterocycles. The van der Waals surface area contributed by atoms with E-state index in [0.29, 0.717) is 18.5 Å². The number of rotatable bonds is 5. The molecule has 0 radical (unpaired) electrons. The highest BCUT2D eigenvalue weighted by molar-refractivity contribution is 9.10. The molecule has 92 valence electrons. The molecule has 0 N–H and O–H groups in total. The first kappa shape index (κ1) is 13.8. The molecular formula is C13H22BrNO. The topological polar surface area (TPSA) is 20.3 Å². The van der Waals surface area contributed by atoms with E-state index in [-0.39, 0.29) is 10.7 Å². The molecule has 1 aliphatic carbocycles. The largest absolute Gasteiger partial charge is 0.335 e. The summed E-state index contributed by atoms with van der Waals surface area (Å²) in [6.07, 6.45) is 6.63. The summed E-state index contributed by atoms with van der Waals surface area (Å²) < 4.78 is 0. The minimum Gasteiger partial charge on any atom is -0.335 e. The number of hydrogen-bond acceptors (Lipinski definition) is 1. The van der Waals surface area contributed by atoms with E-state index in [2.05, 4.69) is 36.4 Å². The molecule has 1 fully saturated rings. The molecule has 0 heterocycles. The number of nitrogens with zero attached hydrogens (tertiary/aromatic N) is 1. The monoisotopic (exact) mass is 287 g/mol. The molecule has 0 bridgehead atoms. The molecule has 0 saturated heterocycles. The van der Waals surface area contributed by atoms with E-state index in [9.17, 15) is 4.79 Å². The Balaban J connectivity index is 2.68. The SMILES string of the molecule is C=CCN(C(=O)C(Br)C(C)C)C1CCCC1. The number of carbonyl (C=O) groups is 1. The highest BCUT2D eigenvalue weighted by atomic mass is 79.9. The third-order valence-corrected chi connectivity index (χ3v) is 4.64. The Morgan fingerprint density at radius 2 is 2.06 bits per heavy atom. The zero-order valence-electron chi connectivity index (χ0n) is 10.3. The van der Waals surface area contributed by atoms with Crippen LogP contribution in [0.15, 0.2) is 12.7 Å². The second-order valence-electron chi connectivity index (χ2n) is 4.86. The van der Waals surface area contributed by atoms with Crippen LogP contribution in [-0.2, 0) is 4.79 Å². The van der Waals surface area contributed by atoms with E-state index in [0.717, 1.165) is 12.8 Å². The fourth-order valence-electron chi connectivity index (χ4n) is 2.22. The van der Waals surface area contributed by atoms with Gasteiger partial charge in [0.1, 0.15) is 0 Å². The van der Waals surface area contributed by atoms with Crippen LogP contribution < -0.4 is 0 Å². The zero-order chi connectivity index (χ0) is 12.1. The molecule has 1 aliphatic rings. The van der Waals surface area contributed by atoms with Gasteiger partial charge in [-0.15, -0.1) is 6.58 Å². The number of carbonyl (C=O) groups excluding carboxylic acids is 1. The van der Waals surface area contributed by atoms with Crippen LogP contribution in [0, 0.1) is 5.92 Å². The minimum atomic E-state index is -0.0620. The second kappa shape index (κ2) is 6.43. The normalized spacial score (nSPS) is 18.8. The lowest BCUT2D eigenvalue weighted by molar-refractivity contribution is -0.132. The van der Waals surface area contributed by atoms with Crippen LogP contribution in [0.1, 0.15) is 39.5 Å². The summed E-state index contributed by atoms with van der Waals surface area (Å²) in [5.74, 6) is 0.558. The Bertz CT molecular complexity index is 246. The van der Waals surface area contributed by atoms with Crippen molar-refractivity contribution in [2.75, 3.05) is 6.54 Å². The Hall–Kier alpha value is -0.310. The van der Waals surface area contributed by atoms with Gasteiger partial charge in [0.2, 0.25) is 5.91 Å². The van der Waals surface area contributed by atoms with Gasteiger partial charge in [0.25, 0.3) is 0 Å². The van der Waals surface area contributed by atoms with Gasteiger partial charge in [0, 0.05) is 12.6 Å². The minimum absolute atomic E-state index is 0.0620. The van der Waals surface area contributed by atoms with Crippen LogP contribution in [0.3, 0.4) is 0 Å². The molecule has 0 aromatic rings. The predicted molar refractivity (Wildman–Crippen MR) is 71.7 cm³/mol. The molecule has 0 aliphatic heterocycles. The van der Waals surface area contributed by atoms with E-state index in [1.165, 1.54) is 12.8 Å². The zero-order valence-corrected chi connectivity index (χ0v) is 11.9. The van der Waals surface area contributed by atoms with E-state index in [1.54, 1.807) is 0 Å². The lowest BCUT2D eigenvalue weighted by Crippen LogP contribution is -2.44. The van der Waals surface area contributed by atoms with Gasteiger partial charge in [-0.3, -0.25) is 4.79 Å². The van der Waals surface area contributed by atoms with Crippen LogP contribution in [0.4, 0.5) is 0 Å². The maximum absolute atomic E-state index is 12.3. The van der Waals surface area contributed by atoms with Crippen molar-refractivity contribution in [1.29, 1.82) is 0 Å². The molecule has 1 amide bonds. The summed E-state index contributed by atoms with van der Waals surface area (Å²) >= 11 is 3.50. The van der Waals surface area contributed by atoms with Crippen molar-refractivity contribution in [1.82, 2.24) is 4.90 Å². The molecule has 1 atom stereocenters. The first-order valence-electron chi connectivity index (χ1n) is 6.13. The Morgan fingerprint density at radius 3 is 2.50 bits per heavy atom. The van der Waals surface area contributed by atoms with E-state index in [4.69, 9.17) is 0 Å². The molecule has 0 aromatic carbocycles. The molecule has 0 spiro atoms. The summed E-state index contributed by atoms with van der Waals surface area (Å²) in [6.45, 7) is 8.56. The smallest absolute Gasteiger partial charge is 0.237 e. The lowest BCUT2D eigenvalue weighted by Gasteiger charge is -2.30. The predicted octanol–water partition coefficient (Wildman–Crippen LogP) is 3.36. The van der Waals surface area contributed by atoms with Gasteiger partial charge in [-0.2, -0.15) is 0 Å². The summed E-state index contributed by atoms with van der Waals surface area (Å²) in [6, 6.07) is 0.435. The molecule has 16 heavy (non-hydrogen) atoms. The van der Waals surface area contributed by atoms with Crippen LogP contribution in [-0.4, -0.2) is 28.2 Å². The average Bonchev–Trinajstić information content (AvgIpc) is 2.76. The van der Waals surface area contributed by atoms with Gasteiger partial charge in [-0.05, 0) is 18.8 Å². The van der Waals surface area contributed by atoms with Crippen LogP contribution in [0.25, 0.3) is 0 Å². The maximum Gasteiger partial charge on any atom is 0.237 e. The number of halogens is 1. The van der Waals surface area contributed by atoms with Gasteiger partial charge in [-0.1, -0.05) is 48.7 Å². The van der Waals surface area contributed by atoms with Gasteiger partial charge in [0.05, 0.1) is 4.83 Å². The van der Waals surface area contributed by atoms with Crippen LogP contribution in [0.2, 0.25) is 0 Å². The van der Waals surface area contributed by atoms with Gasteiger partial charge in [0.15, 0.2) is 0 Å². The third kappa shape index (κ3) is 3.34. The third-order valence-electron chi connectivity index (χ3n) is 3.20. The molecular weight excluding hydrogens is 266 g/mol. The standard InChI is InChI=1S/C13H22BrNO/c1-4-9-15(11-7-5-6-8-11)13(16)12(14)10(2)3/h4,10-12H,1,5-9H2,2-3H3. The van der Waals surface area contributed by atoms with Crippen molar-refractivity contribution in [2.45, 2.75) is 50.4 Å². The Labute approximate surface area is 107 Å². The average molecular weight is 288 g/mol. The Kier molecular flexibility index (Phi) is 5.53. The van der Waals surface area contributed by atoms with Crippen LogP contribution in [0.5, 0.6) is 0 Å². The molecule has 2 nitrogen and oxygen atoms in total. The molecule has 1 rings (SSSR count). The highest BCUT2D eigenvalue weighted by Gasteiger charge is 2.30. The first-order valence-corrected chi connectivity index (χ1v) is 7.05. The van der Waals surface area contributed by atoms with Gasteiger partial charge in [-0.25, -0.2) is 0 Å². The van der Waals surface area contributed by atoms with E-state index < -0.39 is 0 Å². The fraction of sp³-hybridized carbons (Fsp3) is 0.769. The van der Waals surface area contributed by atoms with Crippen molar-refractivity contribution < 1.29 is 4.79 Å². The van der Waals surface area contributed by atoms with E-state index in [1.807, 2.05) is 11.0 Å². The fourth-order valence-corrected chi connectivity index (χ4v) is 2.48. The summed E-state index contributed by atoms with van der Waals surface area (Å²) in [7, 11) is 0. The maximum atomic E-state index is 12.3. The van der Waals surface area contributed by atoms with Crippen molar-refractivity contribution in [3.63, 3.8) is 0 Å².